The number of carbonyl (C=O) groups excluding carboxylic acids is 1. The predicted molar refractivity (Wildman–Crippen MR) is 111 cm³/mol. The molecule has 1 aliphatic rings. The average Bonchev–Trinajstić information content (AvgIpc) is 2.65. The van der Waals surface area contributed by atoms with Crippen molar-refractivity contribution in [2.24, 2.45) is 0 Å². The van der Waals surface area contributed by atoms with Crippen LogP contribution in [0.2, 0.25) is 0 Å². The van der Waals surface area contributed by atoms with Crippen LogP contribution >= 0.6 is 0 Å². The minimum Gasteiger partial charge on any atom is -0.478 e. The van der Waals surface area contributed by atoms with Gasteiger partial charge in [-0.15, -0.1) is 0 Å². The van der Waals surface area contributed by atoms with E-state index in [-0.39, 0.29) is 11.1 Å². The Morgan fingerprint density at radius 3 is 2.37 bits per heavy atom. The second kappa shape index (κ2) is 9.14. The standard InChI is InChI=1S/C23H28N2O5/c1-14-18(21(26)27)20(17-9-7-8-16(12-17)13-24)19(22(28)30-23(3,4)5)15(2)25(14)10-11-29-6/h7-9,12,20H,10-11H2,1-6H3,(H,26,27). The van der Waals surface area contributed by atoms with E-state index in [1.165, 1.54) is 0 Å². The fraction of sp³-hybridized carbons (Fsp3) is 0.435. The van der Waals surface area contributed by atoms with Crippen molar-refractivity contribution in [2.45, 2.75) is 46.1 Å². The molecule has 7 nitrogen and oxygen atoms in total. The van der Waals surface area contributed by atoms with Crippen LogP contribution in [0, 0.1) is 11.3 Å². The number of hydrogen-bond donors (Lipinski definition) is 1. The Morgan fingerprint density at radius 1 is 1.20 bits per heavy atom. The summed E-state index contributed by atoms with van der Waals surface area (Å²) >= 11 is 0. The molecule has 0 saturated heterocycles. The highest BCUT2D eigenvalue weighted by Crippen LogP contribution is 2.43. The summed E-state index contributed by atoms with van der Waals surface area (Å²) in [6, 6.07) is 8.73. The number of carboxylic acids is 1. The van der Waals surface area contributed by atoms with Crippen LogP contribution in [0.5, 0.6) is 0 Å². The van der Waals surface area contributed by atoms with E-state index < -0.39 is 23.5 Å². The number of esters is 1. The predicted octanol–water partition coefficient (Wildman–Crippen LogP) is 3.58. The Bertz CT molecular complexity index is 947. The summed E-state index contributed by atoms with van der Waals surface area (Å²) in [6.07, 6.45) is 0. The van der Waals surface area contributed by atoms with Gasteiger partial charge >= 0.3 is 11.9 Å². The number of aliphatic carboxylic acids is 1. The Kier molecular flexibility index (Phi) is 7.06. The fourth-order valence-electron chi connectivity index (χ4n) is 3.62. The maximum atomic E-state index is 13.2. The lowest BCUT2D eigenvalue weighted by Crippen LogP contribution is -2.37. The fourth-order valence-corrected chi connectivity index (χ4v) is 3.62. The second-order valence-electron chi connectivity index (χ2n) is 8.12. The number of benzene rings is 1. The first-order chi connectivity index (χ1) is 14.0. The van der Waals surface area contributed by atoms with E-state index in [0.717, 1.165) is 0 Å². The molecule has 0 bridgehead atoms. The van der Waals surface area contributed by atoms with Gasteiger partial charge in [-0.2, -0.15) is 5.26 Å². The number of carboxylic acid groups (broad SMARTS) is 1. The SMILES string of the molecule is COCCN1C(C)=C(C(=O)O)C(c2cccc(C#N)c2)C(C(=O)OC(C)(C)C)=C1C. The Labute approximate surface area is 177 Å². The number of hydrogen-bond acceptors (Lipinski definition) is 6. The van der Waals surface area contributed by atoms with Gasteiger partial charge < -0.3 is 19.5 Å². The van der Waals surface area contributed by atoms with Crippen molar-refractivity contribution >= 4 is 11.9 Å². The van der Waals surface area contributed by atoms with Crippen LogP contribution in [0.1, 0.15) is 51.7 Å². The van der Waals surface area contributed by atoms with Crippen LogP contribution in [0.25, 0.3) is 0 Å². The highest BCUT2D eigenvalue weighted by atomic mass is 16.6. The number of nitrogens with zero attached hydrogens (tertiary/aromatic N) is 2. The molecule has 0 amide bonds. The number of allylic oxidation sites excluding steroid dienone is 2. The highest BCUT2D eigenvalue weighted by molar-refractivity contribution is 5.99. The van der Waals surface area contributed by atoms with Gasteiger partial charge in [-0.05, 0) is 52.3 Å². The molecule has 0 radical (unpaired) electrons. The van der Waals surface area contributed by atoms with Crippen LogP contribution in [0.15, 0.2) is 46.8 Å². The molecule has 1 N–H and O–H groups in total. The molecule has 0 aromatic heterocycles. The summed E-state index contributed by atoms with van der Waals surface area (Å²) < 4.78 is 10.8. The van der Waals surface area contributed by atoms with E-state index in [0.29, 0.717) is 35.7 Å². The van der Waals surface area contributed by atoms with Crippen LogP contribution in [0.4, 0.5) is 0 Å². The van der Waals surface area contributed by atoms with Crippen molar-refractivity contribution in [2.75, 3.05) is 20.3 Å². The number of rotatable bonds is 6. The molecule has 1 aromatic rings. The minimum atomic E-state index is -1.13. The van der Waals surface area contributed by atoms with Gasteiger partial charge in [0, 0.05) is 25.0 Å². The van der Waals surface area contributed by atoms with Gasteiger partial charge in [0.2, 0.25) is 0 Å². The minimum absolute atomic E-state index is 0.0765. The molecular formula is C23H28N2O5. The van der Waals surface area contributed by atoms with E-state index in [4.69, 9.17) is 9.47 Å². The summed E-state index contributed by atoms with van der Waals surface area (Å²) in [5.74, 6) is -2.57. The lowest BCUT2D eigenvalue weighted by molar-refractivity contribution is -0.150. The first-order valence-corrected chi connectivity index (χ1v) is 9.66. The van der Waals surface area contributed by atoms with Gasteiger partial charge in [0.15, 0.2) is 0 Å². The van der Waals surface area contributed by atoms with Gasteiger partial charge in [-0.1, -0.05) is 12.1 Å². The third kappa shape index (κ3) is 4.89. The maximum absolute atomic E-state index is 13.2. The first-order valence-electron chi connectivity index (χ1n) is 9.66. The van der Waals surface area contributed by atoms with Crippen LogP contribution in [-0.2, 0) is 19.1 Å². The number of carbonyl (C=O) groups is 2. The number of nitriles is 1. The number of methoxy groups -OCH3 is 1. The van der Waals surface area contributed by atoms with E-state index in [1.807, 2.05) is 0 Å². The first kappa shape index (κ1) is 23.2. The molecule has 30 heavy (non-hydrogen) atoms. The van der Waals surface area contributed by atoms with Gasteiger partial charge in [0.25, 0.3) is 0 Å². The van der Waals surface area contributed by atoms with Crippen LogP contribution in [-0.4, -0.2) is 47.8 Å². The van der Waals surface area contributed by atoms with Gasteiger partial charge in [-0.3, -0.25) is 0 Å². The van der Waals surface area contributed by atoms with Crippen molar-refractivity contribution in [3.8, 4) is 6.07 Å². The third-order valence-corrected chi connectivity index (χ3v) is 4.88. The lowest BCUT2D eigenvalue weighted by Gasteiger charge is -2.38. The smallest absolute Gasteiger partial charge is 0.337 e. The molecule has 0 fully saturated rings. The maximum Gasteiger partial charge on any atom is 0.337 e. The zero-order valence-electron chi connectivity index (χ0n) is 18.3. The molecular weight excluding hydrogens is 384 g/mol. The summed E-state index contributed by atoms with van der Waals surface area (Å²) in [6.45, 7) is 9.53. The molecule has 1 atom stereocenters. The van der Waals surface area contributed by atoms with E-state index in [2.05, 4.69) is 6.07 Å². The molecule has 0 spiro atoms. The summed E-state index contributed by atoms with van der Waals surface area (Å²) in [5, 5.41) is 19.4. The topological polar surface area (TPSA) is 99.9 Å². The summed E-state index contributed by atoms with van der Waals surface area (Å²) in [7, 11) is 1.56. The summed E-state index contributed by atoms with van der Waals surface area (Å²) in [5.41, 5.74) is 1.65. The molecule has 2 rings (SSSR count). The average molecular weight is 412 g/mol. The van der Waals surface area contributed by atoms with Crippen LogP contribution in [0.3, 0.4) is 0 Å². The van der Waals surface area contributed by atoms with Crippen molar-refractivity contribution < 1.29 is 24.2 Å². The Hall–Kier alpha value is -3.11. The van der Waals surface area contributed by atoms with Crippen LogP contribution < -0.4 is 0 Å². The largest absolute Gasteiger partial charge is 0.478 e. The Balaban J connectivity index is 2.76. The second-order valence-corrected chi connectivity index (χ2v) is 8.12. The van der Waals surface area contributed by atoms with Crippen molar-refractivity contribution in [3.63, 3.8) is 0 Å². The molecule has 1 heterocycles. The van der Waals surface area contributed by atoms with Crippen molar-refractivity contribution in [3.05, 3.63) is 57.9 Å². The Morgan fingerprint density at radius 2 is 1.83 bits per heavy atom. The lowest BCUT2D eigenvalue weighted by atomic mass is 9.79. The molecule has 0 saturated carbocycles. The zero-order valence-corrected chi connectivity index (χ0v) is 18.3. The van der Waals surface area contributed by atoms with E-state index in [9.17, 15) is 20.0 Å². The molecule has 1 aromatic carbocycles. The highest BCUT2D eigenvalue weighted by Gasteiger charge is 2.40. The van der Waals surface area contributed by atoms with Gasteiger partial charge in [0.05, 0.1) is 35.3 Å². The van der Waals surface area contributed by atoms with Crippen molar-refractivity contribution in [1.82, 2.24) is 4.90 Å². The summed E-state index contributed by atoms with van der Waals surface area (Å²) in [4.78, 5) is 27.3. The third-order valence-electron chi connectivity index (χ3n) is 4.88. The molecule has 1 unspecified atom stereocenters. The van der Waals surface area contributed by atoms with Crippen molar-refractivity contribution in [1.29, 1.82) is 5.26 Å². The number of ether oxygens (including phenoxy) is 2. The van der Waals surface area contributed by atoms with Gasteiger partial charge in [0.1, 0.15) is 5.60 Å². The molecule has 0 aliphatic carbocycles. The van der Waals surface area contributed by atoms with E-state index in [1.54, 1.807) is 70.9 Å². The monoisotopic (exact) mass is 412 g/mol. The normalized spacial score (nSPS) is 17.1. The zero-order chi connectivity index (χ0) is 22.6. The van der Waals surface area contributed by atoms with Gasteiger partial charge in [-0.25, -0.2) is 9.59 Å². The molecule has 1 aliphatic heterocycles. The molecule has 7 heteroatoms. The molecule has 160 valence electrons. The quantitative estimate of drug-likeness (QED) is 0.713. The van der Waals surface area contributed by atoms with E-state index >= 15 is 0 Å².